The molecule has 0 aliphatic heterocycles. The Balaban J connectivity index is 0.000000152. The van der Waals surface area contributed by atoms with Gasteiger partial charge in [-0.2, -0.15) is 0 Å². The molecule has 0 amide bonds. The summed E-state index contributed by atoms with van der Waals surface area (Å²) in [6, 6.07) is 11.1. The van der Waals surface area contributed by atoms with Crippen molar-refractivity contribution >= 4 is 34.6 Å². The zero-order valence-electron chi connectivity index (χ0n) is 14.7. The Morgan fingerprint density at radius 2 is 1.96 bits per heavy atom. The van der Waals surface area contributed by atoms with Crippen molar-refractivity contribution in [2.75, 3.05) is 0 Å². The molecular formula is C20H20Cl2N2O2. The Bertz CT molecular complexity index is 917. The average molecular weight is 391 g/mol. The van der Waals surface area contributed by atoms with Crippen LogP contribution in [-0.2, 0) is 0 Å². The van der Waals surface area contributed by atoms with E-state index in [1.807, 2.05) is 36.5 Å². The number of halogens is 2. The molecule has 136 valence electrons. The number of benzene rings is 1. The number of carbonyl (C=O) groups is 1. The van der Waals surface area contributed by atoms with E-state index in [2.05, 4.69) is 11.9 Å². The van der Waals surface area contributed by atoms with Crippen LogP contribution in [0.4, 0.5) is 0 Å². The monoisotopic (exact) mass is 390 g/mol. The third-order valence-electron chi connectivity index (χ3n) is 4.32. The molecule has 2 heterocycles. The van der Waals surface area contributed by atoms with Gasteiger partial charge >= 0.3 is 0 Å². The minimum absolute atomic E-state index is 0.0358. The van der Waals surface area contributed by atoms with Gasteiger partial charge < -0.3 is 4.74 Å². The van der Waals surface area contributed by atoms with E-state index in [0.29, 0.717) is 27.6 Å². The molecule has 1 aliphatic rings. The summed E-state index contributed by atoms with van der Waals surface area (Å²) in [5.41, 5.74) is 1.44. The number of rotatable bonds is 3. The molecule has 4 nitrogen and oxygen atoms in total. The molecule has 1 fully saturated rings. The third-order valence-corrected chi connectivity index (χ3v) is 5.12. The van der Waals surface area contributed by atoms with Gasteiger partial charge in [-0.05, 0) is 43.0 Å². The Morgan fingerprint density at radius 1 is 1.19 bits per heavy atom. The lowest BCUT2D eigenvalue weighted by molar-refractivity contribution is 0.0740. The number of pyridine rings is 1. The number of ether oxygens (including phenoxy) is 1. The number of fused-ring (bicyclic) bond motifs is 1. The predicted molar refractivity (Wildman–Crippen MR) is 104 cm³/mol. The summed E-state index contributed by atoms with van der Waals surface area (Å²) in [7, 11) is 0. The van der Waals surface area contributed by atoms with E-state index in [0.717, 1.165) is 24.4 Å². The van der Waals surface area contributed by atoms with Gasteiger partial charge in [-0.25, -0.2) is 4.98 Å². The smallest absolute Gasteiger partial charge is 0.178 e. The topological polar surface area (TPSA) is 43.6 Å². The summed E-state index contributed by atoms with van der Waals surface area (Å²) in [5.74, 6) is 1.52. The molecule has 0 N–H and O–H groups in total. The van der Waals surface area contributed by atoms with Crippen LogP contribution in [0.3, 0.4) is 0 Å². The summed E-state index contributed by atoms with van der Waals surface area (Å²) in [6.45, 7) is 3.76. The number of imidazole rings is 1. The van der Waals surface area contributed by atoms with Crippen molar-refractivity contribution in [1.82, 2.24) is 9.38 Å². The predicted octanol–water partition coefficient (Wildman–Crippen LogP) is 5.71. The Morgan fingerprint density at radius 3 is 2.65 bits per heavy atom. The SMILES string of the molecule is CC(=O)c1cnc2ccccn12.CC1CC(Oc2cccc(Cl)c2Cl)C1. The maximum absolute atomic E-state index is 11.1. The molecule has 1 aliphatic carbocycles. The van der Waals surface area contributed by atoms with Crippen molar-refractivity contribution in [2.45, 2.75) is 32.8 Å². The van der Waals surface area contributed by atoms with Crippen molar-refractivity contribution < 1.29 is 9.53 Å². The highest BCUT2D eigenvalue weighted by molar-refractivity contribution is 6.42. The molecule has 0 spiro atoms. The average Bonchev–Trinajstić information content (AvgIpc) is 3.02. The Labute approximate surface area is 162 Å². The molecule has 4 rings (SSSR count). The van der Waals surface area contributed by atoms with Gasteiger partial charge in [-0.3, -0.25) is 9.20 Å². The number of hydrogen-bond donors (Lipinski definition) is 0. The third kappa shape index (κ3) is 4.19. The minimum atomic E-state index is 0.0358. The van der Waals surface area contributed by atoms with E-state index >= 15 is 0 Å². The van der Waals surface area contributed by atoms with E-state index in [-0.39, 0.29) is 5.78 Å². The van der Waals surface area contributed by atoms with Gasteiger partial charge in [0, 0.05) is 13.1 Å². The molecule has 1 aromatic carbocycles. The number of carbonyl (C=O) groups excluding carboxylic acids is 1. The molecule has 0 radical (unpaired) electrons. The largest absolute Gasteiger partial charge is 0.489 e. The first-order valence-electron chi connectivity index (χ1n) is 8.49. The number of ketones is 1. The summed E-state index contributed by atoms with van der Waals surface area (Å²) in [6.07, 6.45) is 5.98. The number of Topliss-reactive ketones (excluding diaryl/α,β-unsaturated/α-hetero) is 1. The molecule has 0 saturated heterocycles. The zero-order chi connectivity index (χ0) is 18.7. The number of nitrogens with zero attached hydrogens (tertiary/aromatic N) is 2. The first-order valence-corrected chi connectivity index (χ1v) is 9.25. The second-order valence-electron chi connectivity index (χ2n) is 6.50. The lowest BCUT2D eigenvalue weighted by atomic mass is 9.84. The standard InChI is InChI=1S/C11H12Cl2O.C9H8N2O/c1-7-5-8(6-7)14-10-4-2-3-9(12)11(10)13;1-7(12)8-6-10-9-4-2-3-5-11(8)9/h2-4,7-8H,5-6H2,1H3;2-6H,1H3. The first kappa shape index (κ1) is 18.7. The molecule has 2 aromatic heterocycles. The highest BCUT2D eigenvalue weighted by atomic mass is 35.5. The molecule has 3 aromatic rings. The van der Waals surface area contributed by atoms with Crippen LogP contribution < -0.4 is 4.74 Å². The van der Waals surface area contributed by atoms with Gasteiger partial charge in [-0.15, -0.1) is 0 Å². The highest BCUT2D eigenvalue weighted by Crippen LogP contribution is 2.36. The van der Waals surface area contributed by atoms with Gasteiger partial charge in [0.2, 0.25) is 0 Å². The van der Waals surface area contributed by atoms with Crippen LogP contribution in [0.15, 0.2) is 48.8 Å². The second-order valence-corrected chi connectivity index (χ2v) is 7.28. The van der Waals surface area contributed by atoms with Gasteiger partial charge in [0.05, 0.1) is 17.3 Å². The van der Waals surface area contributed by atoms with Crippen LogP contribution in [0, 0.1) is 5.92 Å². The van der Waals surface area contributed by atoms with Crippen molar-refractivity contribution in [3.05, 3.63) is 64.5 Å². The first-order chi connectivity index (χ1) is 12.5. The van der Waals surface area contributed by atoms with Crippen molar-refractivity contribution in [3.8, 4) is 5.75 Å². The maximum atomic E-state index is 11.1. The van der Waals surface area contributed by atoms with Gasteiger partial charge in [0.25, 0.3) is 0 Å². The van der Waals surface area contributed by atoms with E-state index in [1.165, 1.54) is 6.92 Å². The zero-order valence-corrected chi connectivity index (χ0v) is 16.2. The van der Waals surface area contributed by atoms with Crippen molar-refractivity contribution in [2.24, 2.45) is 5.92 Å². The van der Waals surface area contributed by atoms with Crippen LogP contribution >= 0.6 is 23.2 Å². The molecule has 0 atom stereocenters. The Hall–Kier alpha value is -2.04. The molecule has 0 unspecified atom stereocenters. The van der Waals surface area contributed by atoms with Crippen LogP contribution in [0.5, 0.6) is 5.75 Å². The molecular weight excluding hydrogens is 371 g/mol. The van der Waals surface area contributed by atoms with Crippen LogP contribution in [0.25, 0.3) is 5.65 Å². The lowest BCUT2D eigenvalue weighted by Crippen LogP contribution is -2.31. The minimum Gasteiger partial charge on any atom is -0.489 e. The van der Waals surface area contributed by atoms with E-state index in [4.69, 9.17) is 27.9 Å². The molecule has 1 saturated carbocycles. The van der Waals surface area contributed by atoms with E-state index in [1.54, 1.807) is 16.7 Å². The second kappa shape index (κ2) is 8.11. The fraction of sp³-hybridized carbons (Fsp3) is 0.300. The van der Waals surface area contributed by atoms with Crippen molar-refractivity contribution in [3.63, 3.8) is 0 Å². The number of hydrogen-bond acceptors (Lipinski definition) is 3. The molecule has 0 bridgehead atoms. The normalized spacial score (nSPS) is 18.6. The van der Waals surface area contributed by atoms with Crippen LogP contribution in [-0.4, -0.2) is 21.3 Å². The summed E-state index contributed by atoms with van der Waals surface area (Å²) in [4.78, 5) is 15.1. The number of aromatic nitrogens is 2. The quantitative estimate of drug-likeness (QED) is 0.538. The van der Waals surface area contributed by atoms with Crippen molar-refractivity contribution in [1.29, 1.82) is 0 Å². The summed E-state index contributed by atoms with van der Waals surface area (Å²) < 4.78 is 7.50. The molecule has 6 heteroatoms. The van der Waals surface area contributed by atoms with Gasteiger partial charge in [0.15, 0.2) is 5.78 Å². The van der Waals surface area contributed by atoms with E-state index in [9.17, 15) is 4.79 Å². The summed E-state index contributed by atoms with van der Waals surface area (Å²) >= 11 is 11.9. The highest BCUT2D eigenvalue weighted by Gasteiger charge is 2.27. The Kier molecular flexibility index (Phi) is 5.84. The van der Waals surface area contributed by atoms with Gasteiger partial charge in [0.1, 0.15) is 22.1 Å². The van der Waals surface area contributed by atoms with Crippen LogP contribution in [0.2, 0.25) is 10.0 Å². The van der Waals surface area contributed by atoms with E-state index < -0.39 is 0 Å². The fourth-order valence-corrected chi connectivity index (χ4v) is 3.21. The molecule has 26 heavy (non-hydrogen) atoms. The maximum Gasteiger partial charge on any atom is 0.178 e. The van der Waals surface area contributed by atoms with Crippen LogP contribution in [0.1, 0.15) is 37.2 Å². The fourth-order valence-electron chi connectivity index (χ4n) is 2.87. The summed E-state index contributed by atoms with van der Waals surface area (Å²) in [5, 5.41) is 1.07. The van der Waals surface area contributed by atoms with Gasteiger partial charge in [-0.1, -0.05) is 42.3 Å². The lowest BCUT2D eigenvalue weighted by Gasteiger charge is -2.33.